The Morgan fingerprint density at radius 2 is 1.55 bits per heavy atom. The maximum Gasteiger partial charge on any atom is 0.278 e. The molecular weight excluding hydrogens is 502 g/mol. The number of nitrogens with zero attached hydrogens (tertiary/aromatic N) is 3. The third kappa shape index (κ3) is 4.13. The minimum Gasteiger partial charge on any atom is -0.493 e. The van der Waals surface area contributed by atoms with E-state index in [0.29, 0.717) is 13.0 Å². The molecule has 1 aliphatic carbocycles. The van der Waals surface area contributed by atoms with Crippen molar-refractivity contribution in [3.8, 4) is 11.5 Å². The number of para-hydroxylation sites is 1. The minimum absolute atomic E-state index is 0.0949. The highest BCUT2D eigenvalue weighted by molar-refractivity contribution is 5.97. The Morgan fingerprint density at radius 3 is 2.30 bits per heavy atom. The van der Waals surface area contributed by atoms with Gasteiger partial charge < -0.3 is 14.4 Å². The first-order chi connectivity index (χ1) is 19.7. The van der Waals surface area contributed by atoms with Crippen molar-refractivity contribution in [1.29, 1.82) is 0 Å². The van der Waals surface area contributed by atoms with E-state index in [0.717, 1.165) is 41.7 Å². The number of rotatable bonds is 5. The Kier molecular flexibility index (Phi) is 6.27. The van der Waals surface area contributed by atoms with Crippen LogP contribution in [0.3, 0.4) is 0 Å². The fraction of sp³-hybridized carbons (Fsp3) is 0.273. The highest BCUT2D eigenvalue weighted by atomic mass is 16.5. The smallest absolute Gasteiger partial charge is 0.278 e. The van der Waals surface area contributed by atoms with Gasteiger partial charge >= 0.3 is 0 Å². The number of pyridine rings is 1. The maximum atomic E-state index is 14.4. The van der Waals surface area contributed by atoms with E-state index in [1.54, 1.807) is 6.20 Å². The number of amides is 1. The van der Waals surface area contributed by atoms with Crippen LogP contribution in [0.25, 0.3) is 0 Å². The maximum absolute atomic E-state index is 14.4. The molecule has 1 fully saturated rings. The number of benzene rings is 3. The molecule has 2 atom stereocenters. The molecule has 40 heavy (non-hydrogen) atoms. The molecule has 0 saturated heterocycles. The predicted molar refractivity (Wildman–Crippen MR) is 152 cm³/mol. The third-order valence-corrected chi connectivity index (χ3v) is 8.27. The zero-order valence-electron chi connectivity index (χ0n) is 22.2. The molecule has 7 nitrogen and oxygen atoms in total. The molecule has 202 valence electrons. The second-order valence-electron chi connectivity index (χ2n) is 10.6. The lowest BCUT2D eigenvalue weighted by molar-refractivity contribution is 0.0210. The summed E-state index contributed by atoms with van der Waals surface area (Å²) < 4.78 is 14.4. The summed E-state index contributed by atoms with van der Waals surface area (Å²) in [6.45, 7) is 0.676. The lowest BCUT2D eigenvalue weighted by atomic mass is 9.89. The van der Waals surface area contributed by atoms with Gasteiger partial charge in [-0.1, -0.05) is 78.9 Å². The Bertz CT molecular complexity index is 1580. The summed E-state index contributed by atoms with van der Waals surface area (Å²) in [4.78, 5) is 29.7. The summed E-state index contributed by atoms with van der Waals surface area (Å²) in [6, 6.07) is 29.5. The molecule has 7 rings (SSSR count). The molecule has 0 bridgehead atoms. The van der Waals surface area contributed by atoms with E-state index < -0.39 is 0 Å². The van der Waals surface area contributed by atoms with Crippen LogP contribution in [0.5, 0.6) is 11.5 Å². The average Bonchev–Trinajstić information content (AvgIpc) is 2.95. The van der Waals surface area contributed by atoms with Crippen LogP contribution in [-0.4, -0.2) is 34.3 Å². The lowest BCUT2D eigenvalue weighted by Gasteiger charge is -2.54. The Morgan fingerprint density at radius 1 is 0.825 bits per heavy atom. The van der Waals surface area contributed by atoms with E-state index in [-0.39, 0.29) is 47.6 Å². The van der Waals surface area contributed by atoms with Crippen molar-refractivity contribution in [2.45, 2.75) is 50.5 Å². The number of ether oxygens (including phenoxy) is 2. The number of carbonyl (C=O) groups excluding carboxylic acids is 1. The zero-order valence-corrected chi connectivity index (χ0v) is 22.2. The first-order valence-electron chi connectivity index (χ1n) is 14.0. The fourth-order valence-electron chi connectivity index (χ4n) is 6.16. The standard InChI is InChI=1S/C33H31N3O4/c37-27-18-20-34-31(32(27)40-22-23-10-3-1-4-11-23)33(38)35(25-14-9-15-25)29-19-21-39-28-17-8-7-16-26(28)30(36(29)34)24-12-5-2-6-13-24/h1-8,10-13,16-18,20,25,29-30H,9,14-15,19,21-22H2/t29-,30+/m1/s1. The van der Waals surface area contributed by atoms with Crippen LogP contribution in [-0.2, 0) is 6.61 Å². The SMILES string of the molecule is O=C1c2c(OCc3ccccc3)c(=O)ccn2N2[C@@H](c3ccccc3)c3ccccc3OCC[C@@H]2N1C1CCC1. The number of hydrogen-bond acceptors (Lipinski definition) is 5. The van der Waals surface area contributed by atoms with Gasteiger partial charge in [0, 0.05) is 30.3 Å². The molecule has 0 radical (unpaired) electrons. The normalized spacial score (nSPS) is 20.2. The van der Waals surface area contributed by atoms with E-state index >= 15 is 0 Å². The fourth-order valence-corrected chi connectivity index (χ4v) is 6.16. The van der Waals surface area contributed by atoms with Crippen molar-refractivity contribution >= 4 is 5.91 Å². The van der Waals surface area contributed by atoms with Crippen molar-refractivity contribution in [1.82, 2.24) is 9.58 Å². The van der Waals surface area contributed by atoms with Crippen LogP contribution in [0.15, 0.2) is 102 Å². The van der Waals surface area contributed by atoms with Gasteiger partial charge in [0.15, 0.2) is 11.4 Å². The van der Waals surface area contributed by atoms with Gasteiger partial charge in [-0.05, 0) is 36.5 Å². The molecule has 3 aliphatic rings. The topological polar surface area (TPSA) is 64.0 Å². The van der Waals surface area contributed by atoms with Crippen LogP contribution >= 0.6 is 0 Å². The molecule has 0 spiro atoms. The van der Waals surface area contributed by atoms with Crippen molar-refractivity contribution in [2.75, 3.05) is 11.6 Å². The lowest BCUT2D eigenvalue weighted by Crippen LogP contribution is -2.66. The molecule has 3 heterocycles. The van der Waals surface area contributed by atoms with Gasteiger partial charge in [-0.15, -0.1) is 0 Å². The van der Waals surface area contributed by atoms with Crippen LogP contribution in [0.4, 0.5) is 0 Å². The monoisotopic (exact) mass is 533 g/mol. The van der Waals surface area contributed by atoms with Crippen molar-refractivity contribution in [3.63, 3.8) is 0 Å². The summed E-state index contributed by atoms with van der Waals surface area (Å²) in [7, 11) is 0. The van der Waals surface area contributed by atoms with Gasteiger partial charge in [0.1, 0.15) is 24.6 Å². The van der Waals surface area contributed by atoms with Gasteiger partial charge in [0.2, 0.25) is 5.43 Å². The molecule has 1 amide bonds. The van der Waals surface area contributed by atoms with E-state index in [1.807, 2.05) is 76.3 Å². The largest absolute Gasteiger partial charge is 0.493 e. The average molecular weight is 534 g/mol. The quantitative estimate of drug-likeness (QED) is 0.350. The van der Waals surface area contributed by atoms with E-state index in [2.05, 4.69) is 23.2 Å². The molecule has 4 aromatic rings. The number of carbonyl (C=O) groups is 1. The molecular formula is C33H31N3O4. The molecule has 3 aromatic carbocycles. The first kappa shape index (κ1) is 24.5. The van der Waals surface area contributed by atoms with E-state index in [4.69, 9.17) is 9.47 Å². The number of hydrogen-bond donors (Lipinski definition) is 0. The molecule has 1 saturated carbocycles. The van der Waals surface area contributed by atoms with Crippen molar-refractivity contribution in [2.24, 2.45) is 0 Å². The molecule has 0 N–H and O–H groups in total. The van der Waals surface area contributed by atoms with Gasteiger partial charge in [-0.2, -0.15) is 0 Å². The van der Waals surface area contributed by atoms with Crippen LogP contribution in [0.1, 0.15) is 58.9 Å². The van der Waals surface area contributed by atoms with Crippen LogP contribution < -0.4 is 19.9 Å². The Labute approximate surface area is 233 Å². The molecule has 7 heteroatoms. The zero-order chi connectivity index (χ0) is 27.1. The van der Waals surface area contributed by atoms with E-state index in [1.165, 1.54) is 6.07 Å². The summed E-state index contributed by atoms with van der Waals surface area (Å²) >= 11 is 0. The molecule has 0 unspecified atom stereocenters. The third-order valence-electron chi connectivity index (χ3n) is 8.27. The second-order valence-corrected chi connectivity index (χ2v) is 10.6. The van der Waals surface area contributed by atoms with Gasteiger partial charge in [0.25, 0.3) is 5.91 Å². The van der Waals surface area contributed by atoms with Gasteiger partial charge in [-0.3, -0.25) is 19.3 Å². The Hall–Kier alpha value is -4.52. The number of fused-ring (bicyclic) bond motifs is 4. The van der Waals surface area contributed by atoms with Crippen molar-refractivity contribution in [3.05, 3.63) is 130 Å². The summed E-state index contributed by atoms with van der Waals surface area (Å²) in [5.74, 6) is 0.759. The molecule has 1 aromatic heterocycles. The van der Waals surface area contributed by atoms with E-state index in [9.17, 15) is 9.59 Å². The highest BCUT2D eigenvalue weighted by Gasteiger charge is 2.48. The minimum atomic E-state index is -0.297. The molecule has 2 aliphatic heterocycles. The predicted octanol–water partition coefficient (Wildman–Crippen LogP) is 5.27. The summed E-state index contributed by atoms with van der Waals surface area (Å²) in [6.07, 6.45) is 5.08. The van der Waals surface area contributed by atoms with Gasteiger partial charge in [-0.25, -0.2) is 0 Å². The second kappa shape index (κ2) is 10.2. The summed E-state index contributed by atoms with van der Waals surface area (Å²) in [5, 5.41) is 2.26. The summed E-state index contributed by atoms with van der Waals surface area (Å²) in [5.41, 5.74) is 3.00. The van der Waals surface area contributed by atoms with Crippen molar-refractivity contribution < 1.29 is 14.3 Å². The van der Waals surface area contributed by atoms with Crippen LogP contribution in [0.2, 0.25) is 0 Å². The van der Waals surface area contributed by atoms with Gasteiger partial charge in [0.05, 0.1) is 6.61 Å². The van der Waals surface area contributed by atoms with Crippen LogP contribution in [0, 0.1) is 0 Å². The first-order valence-corrected chi connectivity index (χ1v) is 14.0. The Balaban J connectivity index is 1.44. The highest BCUT2D eigenvalue weighted by Crippen LogP contribution is 2.43. The number of aromatic nitrogens is 1.